The Kier molecular flexibility index (Phi) is 5.22. The molecule has 1 aromatic carbocycles. The fourth-order valence-corrected chi connectivity index (χ4v) is 2.15. The van der Waals surface area contributed by atoms with Crippen LogP contribution in [0.5, 0.6) is 0 Å². The Morgan fingerprint density at radius 1 is 1.19 bits per heavy atom. The van der Waals surface area contributed by atoms with Gasteiger partial charge in [0.2, 0.25) is 5.91 Å². The smallest absolute Gasteiger partial charge is 0.355 e. The zero-order chi connectivity index (χ0) is 15.3. The zero-order valence-electron chi connectivity index (χ0n) is 11.6. The van der Waals surface area contributed by atoms with Crippen molar-refractivity contribution >= 4 is 5.91 Å². The second-order valence-electron chi connectivity index (χ2n) is 5.30. The fourth-order valence-electron chi connectivity index (χ4n) is 2.15. The second kappa shape index (κ2) is 6.93. The van der Waals surface area contributed by atoms with Gasteiger partial charge in [-0.15, -0.1) is 0 Å². The predicted octanol–water partition coefficient (Wildman–Crippen LogP) is 2.80. The molecule has 0 spiro atoms. The van der Waals surface area contributed by atoms with Crippen molar-refractivity contribution < 1.29 is 18.0 Å². The molecule has 3 nitrogen and oxygen atoms in total. The van der Waals surface area contributed by atoms with Crippen LogP contribution in [0.4, 0.5) is 13.2 Å². The molecule has 1 aliphatic carbocycles. The molecule has 0 heterocycles. The third kappa shape index (κ3) is 5.75. The quantitative estimate of drug-likeness (QED) is 0.760. The lowest BCUT2D eigenvalue weighted by Gasteiger charge is -2.21. The molecule has 1 atom stereocenters. The number of carbonyl (C=O) groups is 1. The molecule has 1 saturated carbocycles. The van der Waals surface area contributed by atoms with Crippen molar-refractivity contribution in [3.8, 4) is 0 Å². The summed E-state index contributed by atoms with van der Waals surface area (Å²) < 4.78 is 37.9. The summed E-state index contributed by atoms with van der Waals surface area (Å²) in [6.45, 7) is 0.657. The number of nitrogens with one attached hydrogen (secondary N) is 2. The molecule has 1 fully saturated rings. The normalized spacial score (nSPS) is 16.5. The molecule has 1 aromatic rings. The van der Waals surface area contributed by atoms with Gasteiger partial charge in [0.05, 0.1) is 6.42 Å². The van der Waals surface area contributed by atoms with E-state index in [1.807, 2.05) is 0 Å². The summed E-state index contributed by atoms with van der Waals surface area (Å²) >= 11 is 0. The fraction of sp³-hybridized carbons (Fsp3) is 0.533. The Hall–Kier alpha value is -1.56. The lowest BCUT2D eigenvalue weighted by molar-refractivity contribution is -0.140. The molecule has 21 heavy (non-hydrogen) atoms. The van der Waals surface area contributed by atoms with Gasteiger partial charge < -0.3 is 10.6 Å². The highest BCUT2D eigenvalue weighted by Gasteiger charge is 2.32. The van der Waals surface area contributed by atoms with Crippen molar-refractivity contribution in [1.29, 1.82) is 0 Å². The average Bonchev–Trinajstić information content (AvgIpc) is 3.26. The monoisotopic (exact) mass is 300 g/mol. The summed E-state index contributed by atoms with van der Waals surface area (Å²) in [7, 11) is 0. The van der Waals surface area contributed by atoms with Gasteiger partial charge in [0, 0.05) is 25.0 Å². The number of hydrogen-bond donors (Lipinski definition) is 2. The van der Waals surface area contributed by atoms with Crippen molar-refractivity contribution in [2.75, 3.05) is 13.1 Å². The van der Waals surface area contributed by atoms with Crippen LogP contribution in [0.15, 0.2) is 30.3 Å². The first-order valence-electron chi connectivity index (χ1n) is 7.08. The van der Waals surface area contributed by atoms with Crippen molar-refractivity contribution in [2.45, 2.75) is 31.5 Å². The maximum Gasteiger partial charge on any atom is 0.390 e. The van der Waals surface area contributed by atoms with Gasteiger partial charge in [-0.2, -0.15) is 13.2 Å². The van der Waals surface area contributed by atoms with Crippen LogP contribution in [0.1, 0.15) is 30.9 Å². The minimum atomic E-state index is -4.23. The summed E-state index contributed by atoms with van der Waals surface area (Å²) in [6, 6.07) is 7.76. The SMILES string of the molecule is O=C(NCCNC(CC(F)(F)F)c1ccccc1)C1CC1. The lowest BCUT2D eigenvalue weighted by atomic mass is 10.0. The van der Waals surface area contributed by atoms with Crippen LogP contribution in [0.3, 0.4) is 0 Å². The maximum atomic E-state index is 12.6. The van der Waals surface area contributed by atoms with E-state index in [1.54, 1.807) is 30.3 Å². The van der Waals surface area contributed by atoms with E-state index in [0.29, 0.717) is 18.7 Å². The van der Waals surface area contributed by atoms with Gasteiger partial charge in [0.15, 0.2) is 0 Å². The zero-order valence-corrected chi connectivity index (χ0v) is 11.6. The van der Waals surface area contributed by atoms with Crippen molar-refractivity contribution in [3.05, 3.63) is 35.9 Å². The van der Waals surface area contributed by atoms with Crippen LogP contribution in [-0.4, -0.2) is 25.2 Å². The summed E-state index contributed by atoms with van der Waals surface area (Å²) in [5.74, 6) is 0.119. The van der Waals surface area contributed by atoms with Gasteiger partial charge in [-0.05, 0) is 18.4 Å². The number of hydrogen-bond acceptors (Lipinski definition) is 2. The van der Waals surface area contributed by atoms with Crippen molar-refractivity contribution in [3.63, 3.8) is 0 Å². The lowest BCUT2D eigenvalue weighted by Crippen LogP contribution is -2.35. The van der Waals surface area contributed by atoms with Crippen LogP contribution in [-0.2, 0) is 4.79 Å². The van der Waals surface area contributed by atoms with Crippen LogP contribution in [0.2, 0.25) is 0 Å². The van der Waals surface area contributed by atoms with Gasteiger partial charge >= 0.3 is 6.18 Å². The molecule has 0 aliphatic heterocycles. The van der Waals surface area contributed by atoms with Crippen LogP contribution < -0.4 is 10.6 Å². The van der Waals surface area contributed by atoms with Gasteiger partial charge in [0.1, 0.15) is 0 Å². The standard InChI is InChI=1S/C15H19F3N2O/c16-15(17,18)10-13(11-4-2-1-3-5-11)19-8-9-20-14(21)12-6-7-12/h1-5,12-13,19H,6-10H2,(H,20,21). The predicted molar refractivity (Wildman–Crippen MR) is 73.6 cm³/mol. The van der Waals surface area contributed by atoms with Gasteiger partial charge in [-0.1, -0.05) is 30.3 Å². The Bertz CT molecular complexity index is 458. The highest BCUT2D eigenvalue weighted by atomic mass is 19.4. The molecule has 0 aromatic heterocycles. The number of benzene rings is 1. The Morgan fingerprint density at radius 2 is 1.86 bits per heavy atom. The molecule has 2 N–H and O–H groups in total. The number of alkyl halides is 3. The van der Waals surface area contributed by atoms with E-state index in [2.05, 4.69) is 10.6 Å². The number of halogens is 3. The largest absolute Gasteiger partial charge is 0.390 e. The van der Waals surface area contributed by atoms with E-state index < -0.39 is 18.6 Å². The highest BCUT2D eigenvalue weighted by molar-refractivity contribution is 5.80. The molecule has 1 aliphatic rings. The second-order valence-corrected chi connectivity index (χ2v) is 5.30. The molecule has 116 valence electrons. The summed E-state index contributed by atoms with van der Waals surface area (Å²) in [5.41, 5.74) is 0.600. The molecule has 0 saturated heterocycles. The number of amides is 1. The molecule has 1 amide bonds. The van der Waals surface area contributed by atoms with Gasteiger partial charge in [-0.25, -0.2) is 0 Å². The van der Waals surface area contributed by atoms with Crippen molar-refractivity contribution in [2.24, 2.45) is 5.92 Å². The van der Waals surface area contributed by atoms with E-state index in [1.165, 1.54) is 0 Å². The van der Waals surface area contributed by atoms with Crippen LogP contribution >= 0.6 is 0 Å². The Balaban J connectivity index is 1.82. The molecule has 0 bridgehead atoms. The average molecular weight is 300 g/mol. The van der Waals surface area contributed by atoms with E-state index >= 15 is 0 Å². The topological polar surface area (TPSA) is 41.1 Å². The van der Waals surface area contributed by atoms with E-state index in [-0.39, 0.29) is 11.8 Å². The third-order valence-corrected chi connectivity index (χ3v) is 3.40. The molecule has 2 rings (SSSR count). The minimum Gasteiger partial charge on any atom is -0.355 e. The van der Waals surface area contributed by atoms with E-state index in [0.717, 1.165) is 12.8 Å². The highest BCUT2D eigenvalue weighted by Crippen LogP contribution is 2.29. The molecular formula is C15H19F3N2O. The van der Waals surface area contributed by atoms with E-state index in [4.69, 9.17) is 0 Å². The van der Waals surface area contributed by atoms with Crippen molar-refractivity contribution in [1.82, 2.24) is 10.6 Å². The molecular weight excluding hydrogens is 281 g/mol. The van der Waals surface area contributed by atoms with Gasteiger partial charge in [0.25, 0.3) is 0 Å². The first-order valence-corrected chi connectivity index (χ1v) is 7.08. The molecule has 6 heteroatoms. The summed E-state index contributed by atoms with van der Waals surface area (Å²) in [6.07, 6.45) is -3.32. The number of carbonyl (C=O) groups excluding carboxylic acids is 1. The summed E-state index contributed by atoms with van der Waals surface area (Å²) in [4.78, 5) is 11.4. The minimum absolute atomic E-state index is 0.00359. The maximum absolute atomic E-state index is 12.6. The number of rotatable bonds is 7. The Labute approximate surface area is 121 Å². The first-order chi connectivity index (χ1) is 9.96. The van der Waals surface area contributed by atoms with Crippen LogP contribution in [0.25, 0.3) is 0 Å². The van der Waals surface area contributed by atoms with Crippen LogP contribution in [0, 0.1) is 5.92 Å². The van der Waals surface area contributed by atoms with E-state index in [9.17, 15) is 18.0 Å². The first kappa shape index (κ1) is 15.8. The molecule has 0 radical (unpaired) electrons. The summed E-state index contributed by atoms with van der Waals surface area (Å²) in [5, 5.41) is 5.60. The molecule has 1 unspecified atom stereocenters. The Morgan fingerprint density at radius 3 is 2.43 bits per heavy atom. The third-order valence-electron chi connectivity index (χ3n) is 3.40. The van der Waals surface area contributed by atoms with Gasteiger partial charge in [-0.3, -0.25) is 4.79 Å².